The lowest BCUT2D eigenvalue weighted by Gasteiger charge is -2.23. The number of aliphatic imine (C=N–C) groups is 1. The summed E-state index contributed by atoms with van der Waals surface area (Å²) in [6.07, 6.45) is 6.18. The molecule has 2 saturated carbocycles. The van der Waals surface area contributed by atoms with Gasteiger partial charge in [0.2, 0.25) is 12.8 Å². The molecule has 6 N–H and O–H groups in total. The summed E-state index contributed by atoms with van der Waals surface area (Å²) in [4.78, 5) is 24.8. The molecule has 0 aliphatic heterocycles. The summed E-state index contributed by atoms with van der Waals surface area (Å²) < 4.78 is 12.5. The number of carbonyl (C=O) groups is 2. The number of aliphatic hydroxyl groups is 1. The lowest BCUT2D eigenvalue weighted by atomic mass is 9.90. The highest BCUT2D eigenvalue weighted by Crippen LogP contribution is 2.53. The van der Waals surface area contributed by atoms with Crippen molar-refractivity contribution in [2.24, 2.45) is 34.2 Å². The van der Waals surface area contributed by atoms with Crippen LogP contribution in [0.4, 0.5) is 10.1 Å². The third kappa shape index (κ3) is 9.14. The molecule has 0 heterocycles. The van der Waals surface area contributed by atoms with Gasteiger partial charge in [-0.1, -0.05) is 18.5 Å². The highest BCUT2D eigenvalue weighted by molar-refractivity contribution is 6.31. The zero-order valence-corrected chi connectivity index (χ0v) is 22.0. The van der Waals surface area contributed by atoms with E-state index in [1.807, 2.05) is 6.92 Å². The number of fused-ring (bicyclic) bond motifs is 1. The fourth-order valence-electron chi connectivity index (χ4n) is 4.59. The minimum Gasteiger partial charge on any atom is -0.401 e. The zero-order chi connectivity index (χ0) is 26.8. The van der Waals surface area contributed by atoms with Crippen LogP contribution in [0.3, 0.4) is 0 Å². The van der Waals surface area contributed by atoms with E-state index in [0.717, 1.165) is 49.8 Å². The summed E-state index contributed by atoms with van der Waals surface area (Å²) >= 11 is 5.42. The van der Waals surface area contributed by atoms with Crippen molar-refractivity contribution < 1.29 is 19.1 Å². The number of amides is 2. The summed E-state index contributed by atoms with van der Waals surface area (Å²) in [5.74, 6) is 1.71. The first kappa shape index (κ1) is 30.4. The van der Waals surface area contributed by atoms with Crippen LogP contribution in [0, 0.1) is 23.6 Å². The molecule has 0 radical (unpaired) electrons. The van der Waals surface area contributed by atoms with Gasteiger partial charge in [0, 0.05) is 38.1 Å². The van der Waals surface area contributed by atoms with Crippen LogP contribution in [0.2, 0.25) is 5.02 Å². The Balaban J connectivity index is 0.000000322. The van der Waals surface area contributed by atoms with Crippen molar-refractivity contribution >= 4 is 35.9 Å². The summed E-state index contributed by atoms with van der Waals surface area (Å²) in [5.41, 5.74) is 14.0. The molecular weight excluding hydrogens is 473 g/mol. The lowest BCUT2D eigenvalue weighted by Crippen LogP contribution is -2.26. The van der Waals surface area contributed by atoms with E-state index in [2.05, 4.69) is 17.2 Å². The summed E-state index contributed by atoms with van der Waals surface area (Å²) in [6.45, 7) is 4.03. The molecule has 0 bridgehead atoms. The SMILES string of the molecule is CCC1(O)CC2CC(/C(N)=C(\C)C(N)=NC)CC2C1.CN(C)C=O.O=CNc1ccc(F)c(Cl)c1. The van der Waals surface area contributed by atoms with Crippen molar-refractivity contribution in [3.63, 3.8) is 0 Å². The Bertz CT molecular complexity index is 908. The first-order chi connectivity index (χ1) is 16.4. The van der Waals surface area contributed by atoms with Crippen LogP contribution in [-0.2, 0) is 9.59 Å². The van der Waals surface area contributed by atoms with Gasteiger partial charge in [-0.2, -0.15) is 0 Å². The number of nitrogens with two attached hydrogens (primary N) is 2. The van der Waals surface area contributed by atoms with Crippen LogP contribution in [-0.4, -0.2) is 55.4 Å². The minimum atomic E-state index is -0.497. The van der Waals surface area contributed by atoms with Crippen molar-refractivity contribution in [2.75, 3.05) is 26.5 Å². The standard InChI is InChI=1S/C15H27N3O.C7H5ClFNO.C3H7NO/c1-4-15(19)7-11-5-10(6-12(11)8-15)13(16)9(2)14(17)18-3;8-6-3-5(10-4-11)1-2-7(6)9;1-4(2)3-5/h10-12,19H,4-8,16H2,1-3H3,(H2,17,18);1-4H,(H,10,11);3H,1-2H3/b13-9-;;. The Hall–Kier alpha value is -2.65. The van der Waals surface area contributed by atoms with Gasteiger partial charge in [-0.3, -0.25) is 14.6 Å². The van der Waals surface area contributed by atoms with Gasteiger partial charge >= 0.3 is 0 Å². The first-order valence-corrected chi connectivity index (χ1v) is 12.0. The first-order valence-electron chi connectivity index (χ1n) is 11.6. The van der Waals surface area contributed by atoms with Gasteiger partial charge < -0.3 is 26.8 Å². The van der Waals surface area contributed by atoms with Crippen molar-refractivity contribution in [1.29, 1.82) is 0 Å². The van der Waals surface area contributed by atoms with Crippen molar-refractivity contribution in [3.8, 4) is 0 Å². The lowest BCUT2D eigenvalue weighted by molar-refractivity contribution is -0.116. The third-order valence-corrected chi connectivity index (χ3v) is 6.93. The Kier molecular flexibility index (Phi) is 12.2. The molecule has 3 rings (SSSR count). The minimum absolute atomic E-state index is 0.00292. The van der Waals surface area contributed by atoms with Crippen molar-refractivity contribution in [3.05, 3.63) is 40.3 Å². The maximum absolute atomic E-state index is 12.5. The molecule has 2 fully saturated rings. The Labute approximate surface area is 212 Å². The number of allylic oxidation sites excluding steroid dienone is 1. The molecular formula is C25H39ClFN5O3. The van der Waals surface area contributed by atoms with Gasteiger partial charge in [0.25, 0.3) is 0 Å². The van der Waals surface area contributed by atoms with Crippen LogP contribution in [0.15, 0.2) is 34.5 Å². The van der Waals surface area contributed by atoms with Gasteiger partial charge in [-0.15, -0.1) is 0 Å². The predicted molar refractivity (Wildman–Crippen MR) is 139 cm³/mol. The molecule has 1 aromatic carbocycles. The molecule has 1 aromatic rings. The average Bonchev–Trinajstić information content (AvgIpc) is 3.36. The highest BCUT2D eigenvalue weighted by Gasteiger charge is 2.48. The van der Waals surface area contributed by atoms with E-state index in [1.54, 1.807) is 21.1 Å². The van der Waals surface area contributed by atoms with Crippen LogP contribution in [0.1, 0.15) is 46.0 Å². The molecule has 0 spiro atoms. The number of halogens is 2. The second kappa shape index (κ2) is 14.0. The normalized spacial score (nSPS) is 25.7. The van der Waals surface area contributed by atoms with E-state index in [1.165, 1.54) is 23.1 Å². The van der Waals surface area contributed by atoms with Gasteiger partial charge in [0.1, 0.15) is 11.7 Å². The van der Waals surface area contributed by atoms with Gasteiger partial charge in [-0.05, 0) is 75.0 Å². The molecule has 2 atom stereocenters. The molecule has 0 saturated heterocycles. The Morgan fingerprint density at radius 2 is 1.83 bits per heavy atom. The summed E-state index contributed by atoms with van der Waals surface area (Å²) in [5, 5.41) is 12.7. The number of amidine groups is 1. The number of hydrogen-bond acceptors (Lipinski definition) is 5. The molecule has 2 aliphatic carbocycles. The number of benzene rings is 1. The second-order valence-electron chi connectivity index (χ2n) is 9.32. The number of anilines is 1. The molecule has 2 aliphatic rings. The largest absolute Gasteiger partial charge is 0.401 e. The molecule has 2 unspecified atom stereocenters. The third-order valence-electron chi connectivity index (χ3n) is 6.64. The van der Waals surface area contributed by atoms with Gasteiger partial charge in [0.15, 0.2) is 0 Å². The number of nitrogens with zero attached hydrogens (tertiary/aromatic N) is 2. The van der Waals surface area contributed by atoms with E-state index in [-0.39, 0.29) is 5.02 Å². The average molecular weight is 512 g/mol. The number of hydrogen-bond donors (Lipinski definition) is 4. The smallest absolute Gasteiger partial charge is 0.211 e. The van der Waals surface area contributed by atoms with Gasteiger partial charge in [0.05, 0.1) is 10.6 Å². The van der Waals surface area contributed by atoms with E-state index in [0.29, 0.717) is 35.7 Å². The summed E-state index contributed by atoms with van der Waals surface area (Å²) in [7, 11) is 5.07. The maximum atomic E-state index is 12.5. The maximum Gasteiger partial charge on any atom is 0.211 e. The van der Waals surface area contributed by atoms with Gasteiger partial charge in [-0.25, -0.2) is 4.39 Å². The number of rotatable bonds is 6. The quantitative estimate of drug-likeness (QED) is 0.263. The van der Waals surface area contributed by atoms with E-state index < -0.39 is 11.4 Å². The molecule has 35 heavy (non-hydrogen) atoms. The summed E-state index contributed by atoms with van der Waals surface area (Å²) in [6, 6.07) is 3.95. The molecule has 0 aromatic heterocycles. The molecule has 8 nitrogen and oxygen atoms in total. The van der Waals surface area contributed by atoms with Crippen molar-refractivity contribution in [2.45, 2.75) is 51.6 Å². The van der Waals surface area contributed by atoms with Crippen molar-refractivity contribution in [1.82, 2.24) is 4.90 Å². The molecule has 196 valence electrons. The van der Waals surface area contributed by atoms with Crippen LogP contribution in [0.25, 0.3) is 0 Å². The number of carbonyl (C=O) groups excluding carboxylic acids is 2. The second-order valence-corrected chi connectivity index (χ2v) is 9.73. The Morgan fingerprint density at radius 1 is 1.29 bits per heavy atom. The zero-order valence-electron chi connectivity index (χ0n) is 21.2. The molecule has 2 amide bonds. The van der Waals surface area contributed by atoms with Crippen LogP contribution >= 0.6 is 11.6 Å². The fraction of sp³-hybridized carbons (Fsp3) is 0.560. The Morgan fingerprint density at radius 3 is 2.23 bits per heavy atom. The van der Waals surface area contributed by atoms with Crippen LogP contribution in [0.5, 0.6) is 0 Å². The van der Waals surface area contributed by atoms with E-state index in [9.17, 15) is 19.1 Å². The topological polar surface area (TPSA) is 134 Å². The van der Waals surface area contributed by atoms with Crippen LogP contribution < -0.4 is 16.8 Å². The fourth-order valence-corrected chi connectivity index (χ4v) is 4.77. The van der Waals surface area contributed by atoms with E-state index in [4.69, 9.17) is 23.1 Å². The molecule has 10 heteroatoms. The number of nitrogens with one attached hydrogen (secondary N) is 1. The predicted octanol–water partition coefficient (Wildman–Crippen LogP) is 3.54. The van der Waals surface area contributed by atoms with E-state index >= 15 is 0 Å². The highest BCUT2D eigenvalue weighted by atomic mass is 35.5. The monoisotopic (exact) mass is 511 g/mol.